The van der Waals surface area contributed by atoms with Crippen LogP contribution in [0.4, 0.5) is 4.39 Å². The second kappa shape index (κ2) is 10.1. The molecule has 3 aliphatic rings. The Hall–Kier alpha value is -2.06. The van der Waals surface area contributed by atoms with Crippen molar-refractivity contribution in [2.24, 2.45) is 11.7 Å². The molecule has 6 nitrogen and oxygen atoms in total. The van der Waals surface area contributed by atoms with Gasteiger partial charge in [0.05, 0.1) is 12.1 Å². The Labute approximate surface area is 199 Å². The lowest BCUT2D eigenvalue weighted by molar-refractivity contribution is -0.140. The first-order valence-corrected chi connectivity index (χ1v) is 12.8. The van der Waals surface area contributed by atoms with Crippen molar-refractivity contribution in [1.29, 1.82) is 0 Å². The lowest BCUT2D eigenvalue weighted by Crippen LogP contribution is -2.51. The summed E-state index contributed by atoms with van der Waals surface area (Å²) in [6, 6.07) is 6.26. The van der Waals surface area contributed by atoms with Crippen molar-refractivity contribution in [3.05, 3.63) is 46.8 Å². The van der Waals surface area contributed by atoms with E-state index in [1.54, 1.807) is 13.2 Å². The first-order valence-electron chi connectivity index (χ1n) is 11.8. The van der Waals surface area contributed by atoms with Crippen molar-refractivity contribution in [2.75, 3.05) is 13.7 Å². The third-order valence-electron chi connectivity index (χ3n) is 7.29. The number of rotatable bonds is 9. The van der Waals surface area contributed by atoms with Gasteiger partial charge in [0.2, 0.25) is 5.91 Å². The number of thioether (sulfide) groups is 1. The van der Waals surface area contributed by atoms with Crippen LogP contribution in [0.25, 0.3) is 0 Å². The predicted octanol–water partition coefficient (Wildman–Crippen LogP) is 3.87. The fraction of sp³-hybridized carbons (Fsp3) is 0.600. The van der Waals surface area contributed by atoms with Gasteiger partial charge in [-0.05, 0) is 62.1 Å². The van der Waals surface area contributed by atoms with Crippen LogP contribution in [0, 0.1) is 11.7 Å². The number of nitrogens with one attached hydrogen (secondary N) is 1. The Morgan fingerprint density at radius 3 is 2.73 bits per heavy atom. The monoisotopic (exact) mass is 475 g/mol. The third-order valence-corrected chi connectivity index (χ3v) is 8.41. The average molecular weight is 476 g/mol. The minimum atomic E-state index is -0.701. The zero-order valence-electron chi connectivity index (χ0n) is 19.4. The van der Waals surface area contributed by atoms with Crippen molar-refractivity contribution in [1.82, 2.24) is 10.2 Å². The lowest BCUT2D eigenvalue weighted by Gasteiger charge is -2.34. The van der Waals surface area contributed by atoms with Gasteiger partial charge in [-0.3, -0.25) is 9.59 Å². The molecule has 2 unspecified atom stereocenters. The van der Waals surface area contributed by atoms with Gasteiger partial charge in [-0.15, -0.1) is 11.8 Å². The summed E-state index contributed by atoms with van der Waals surface area (Å²) in [5, 5.41) is 5.10. The Balaban J connectivity index is 1.43. The molecule has 2 amide bonds. The molecular formula is C25H34FN3O3S. The topological polar surface area (TPSA) is 84.7 Å². The van der Waals surface area contributed by atoms with Crippen LogP contribution < -0.4 is 11.1 Å². The van der Waals surface area contributed by atoms with Gasteiger partial charge < -0.3 is 20.7 Å². The number of nitrogens with two attached hydrogens (primary N) is 1. The van der Waals surface area contributed by atoms with Gasteiger partial charge in [0.15, 0.2) is 0 Å². The smallest absolute Gasteiger partial charge is 0.252 e. The summed E-state index contributed by atoms with van der Waals surface area (Å²) >= 11 is 1.53. The van der Waals surface area contributed by atoms with Crippen LogP contribution >= 0.6 is 11.8 Å². The minimum absolute atomic E-state index is 0.0440. The molecule has 4 rings (SSSR count). The van der Waals surface area contributed by atoms with Gasteiger partial charge >= 0.3 is 0 Å². The second-order valence-electron chi connectivity index (χ2n) is 9.52. The minimum Gasteiger partial charge on any atom is -0.402 e. The van der Waals surface area contributed by atoms with Crippen LogP contribution in [0.5, 0.6) is 0 Å². The van der Waals surface area contributed by atoms with Crippen molar-refractivity contribution in [2.45, 2.75) is 74.8 Å². The maximum Gasteiger partial charge on any atom is 0.252 e. The molecule has 1 heterocycles. The molecule has 1 saturated heterocycles. The van der Waals surface area contributed by atoms with E-state index in [0.29, 0.717) is 18.7 Å². The van der Waals surface area contributed by atoms with Crippen molar-refractivity contribution in [3.63, 3.8) is 0 Å². The number of carbonyl (C=O) groups excluding carboxylic acids is 2. The molecule has 3 N–H and O–H groups in total. The first kappa shape index (κ1) is 24.1. The number of amides is 2. The Morgan fingerprint density at radius 2 is 2.12 bits per heavy atom. The number of hydrogen-bond donors (Lipinski definition) is 2. The molecule has 0 spiro atoms. The highest BCUT2D eigenvalue weighted by atomic mass is 32.2. The van der Waals surface area contributed by atoms with Crippen LogP contribution in [0.3, 0.4) is 0 Å². The third kappa shape index (κ3) is 5.38. The highest BCUT2D eigenvalue weighted by Gasteiger charge is 2.52. The second-order valence-corrected chi connectivity index (χ2v) is 10.7. The van der Waals surface area contributed by atoms with Crippen molar-refractivity contribution < 1.29 is 18.7 Å². The van der Waals surface area contributed by atoms with E-state index in [1.165, 1.54) is 23.9 Å². The van der Waals surface area contributed by atoms with E-state index in [9.17, 15) is 14.0 Å². The van der Waals surface area contributed by atoms with Gasteiger partial charge in [-0.25, -0.2) is 4.39 Å². The summed E-state index contributed by atoms with van der Waals surface area (Å²) in [4.78, 5) is 27.8. The van der Waals surface area contributed by atoms with Crippen LogP contribution in [-0.2, 0) is 14.3 Å². The summed E-state index contributed by atoms with van der Waals surface area (Å²) in [6.07, 6.45) is 5.65. The highest BCUT2D eigenvalue weighted by molar-refractivity contribution is 8.02. The van der Waals surface area contributed by atoms with Crippen LogP contribution in [0.15, 0.2) is 35.4 Å². The fourth-order valence-corrected chi connectivity index (χ4v) is 5.47. The standard InChI is InChI=1S/C25H34FN3O3S/c1-16(18-7-4-8-19(26)13-18)33-15-20(27)14-22-21(28-24(31)25(32-2)10-11-25)9-12-29(22)23(30)17-5-3-6-17/h4,7-8,13,15-17,21-22H,3,5-6,9-12,14,27H2,1-2H3,(H,28,31)/b20-15-/t16?,21?,22-/m0/s1. The van der Waals surface area contributed by atoms with Crippen LogP contribution in [0.1, 0.15) is 62.7 Å². The molecule has 2 saturated carbocycles. The Bertz CT molecular complexity index is 916. The van der Waals surface area contributed by atoms with E-state index in [-0.39, 0.29) is 40.9 Å². The number of likely N-dealkylation sites (tertiary alicyclic amines) is 1. The van der Waals surface area contributed by atoms with Gasteiger partial charge in [-0.1, -0.05) is 18.6 Å². The molecule has 0 bridgehead atoms. The predicted molar refractivity (Wildman–Crippen MR) is 128 cm³/mol. The van der Waals surface area contributed by atoms with Gasteiger partial charge in [-0.2, -0.15) is 0 Å². The first-order chi connectivity index (χ1) is 15.8. The molecule has 0 aromatic heterocycles. The highest BCUT2D eigenvalue weighted by Crippen LogP contribution is 2.40. The number of ether oxygens (including phenoxy) is 1. The molecule has 1 aliphatic heterocycles. The normalized spacial score (nSPS) is 25.4. The molecule has 2 aliphatic carbocycles. The molecule has 33 heavy (non-hydrogen) atoms. The number of benzene rings is 1. The van der Waals surface area contributed by atoms with Gasteiger partial charge in [0, 0.05) is 36.9 Å². The van der Waals surface area contributed by atoms with Gasteiger partial charge in [0.25, 0.3) is 5.91 Å². The molecule has 0 radical (unpaired) electrons. The molecule has 1 aromatic rings. The summed E-state index contributed by atoms with van der Waals surface area (Å²) in [6.45, 7) is 2.64. The van der Waals surface area contributed by atoms with E-state index in [4.69, 9.17) is 10.5 Å². The van der Waals surface area contributed by atoms with E-state index in [1.807, 2.05) is 23.3 Å². The summed E-state index contributed by atoms with van der Waals surface area (Å²) in [7, 11) is 1.57. The lowest BCUT2D eigenvalue weighted by atomic mass is 9.84. The number of methoxy groups -OCH3 is 1. The zero-order chi connectivity index (χ0) is 23.6. The fourth-order valence-electron chi connectivity index (χ4n) is 4.69. The summed E-state index contributed by atoms with van der Waals surface area (Å²) in [5.41, 5.74) is 7.26. The Morgan fingerprint density at radius 1 is 1.36 bits per heavy atom. The van der Waals surface area contributed by atoms with Crippen LogP contribution in [-0.4, -0.2) is 48.1 Å². The van der Waals surface area contributed by atoms with Crippen molar-refractivity contribution in [3.8, 4) is 0 Å². The Kier molecular flexibility index (Phi) is 7.34. The van der Waals surface area contributed by atoms with E-state index in [2.05, 4.69) is 5.32 Å². The molecule has 1 aromatic carbocycles. The van der Waals surface area contributed by atoms with E-state index in [0.717, 1.165) is 44.1 Å². The quantitative estimate of drug-likeness (QED) is 0.566. The average Bonchev–Trinajstić information content (AvgIpc) is 3.47. The molecule has 3 atom stereocenters. The zero-order valence-corrected chi connectivity index (χ0v) is 20.2. The van der Waals surface area contributed by atoms with Gasteiger partial charge in [0.1, 0.15) is 11.4 Å². The van der Waals surface area contributed by atoms with Crippen molar-refractivity contribution >= 4 is 23.6 Å². The maximum absolute atomic E-state index is 13.5. The molecule has 180 valence electrons. The maximum atomic E-state index is 13.5. The number of halogens is 1. The number of nitrogens with zero attached hydrogens (tertiary/aromatic N) is 1. The SMILES string of the molecule is COC1(C(=O)NC2CCN(C(=O)C3CCC3)[C@H]2C/C(N)=C/SC(C)c2cccc(F)c2)CC1. The number of hydrogen-bond acceptors (Lipinski definition) is 5. The molecular weight excluding hydrogens is 441 g/mol. The van der Waals surface area contributed by atoms with Crippen LogP contribution in [0.2, 0.25) is 0 Å². The molecule has 3 fully saturated rings. The van der Waals surface area contributed by atoms with E-state index >= 15 is 0 Å². The number of carbonyl (C=O) groups is 2. The summed E-state index contributed by atoms with van der Waals surface area (Å²) in [5.74, 6) is -0.0570. The molecule has 8 heteroatoms. The van der Waals surface area contributed by atoms with E-state index < -0.39 is 5.60 Å². The largest absolute Gasteiger partial charge is 0.402 e. The summed E-state index contributed by atoms with van der Waals surface area (Å²) < 4.78 is 19.0.